The number of hydrogen-bond donors (Lipinski definition) is 1. The molecule has 3 rings (SSSR count). The molecule has 0 amide bonds. The van der Waals surface area contributed by atoms with E-state index in [0.717, 1.165) is 18.4 Å². The molecule has 0 aromatic rings. The molecular weight excluding hydrogens is 500 g/mol. The predicted molar refractivity (Wildman–Crippen MR) is 161 cm³/mol. The molecule has 40 heavy (non-hydrogen) atoms. The Balaban J connectivity index is 2.47. The monoisotopic (exact) mass is 552 g/mol. The van der Waals surface area contributed by atoms with Crippen molar-refractivity contribution in [3.8, 4) is 0 Å². The molecule has 5 atom stereocenters. The van der Waals surface area contributed by atoms with E-state index in [1.165, 1.54) is 11.1 Å². The number of Topliss-reactive ketones (excluding diaryl/α,β-unsaturated/α-hetero) is 3. The number of rotatable bonds is 10. The molecule has 0 unspecified atom stereocenters. The van der Waals surface area contributed by atoms with Crippen LogP contribution >= 0.6 is 0 Å². The molecule has 1 saturated heterocycles. The lowest BCUT2D eigenvalue weighted by atomic mass is 9.39. The van der Waals surface area contributed by atoms with Crippen molar-refractivity contribution >= 4 is 17.3 Å². The number of hydrogen-bond acceptors (Lipinski definition) is 5. The van der Waals surface area contributed by atoms with Crippen LogP contribution in [-0.4, -0.2) is 34.2 Å². The Bertz CT molecular complexity index is 1180. The molecule has 5 heteroatoms. The van der Waals surface area contributed by atoms with Crippen LogP contribution in [0, 0.1) is 28.1 Å². The number of aliphatic hydroxyl groups is 1. The summed E-state index contributed by atoms with van der Waals surface area (Å²) in [4.78, 5) is 43.7. The molecule has 1 saturated carbocycles. The third-order valence-electron chi connectivity index (χ3n) is 9.77. The summed E-state index contributed by atoms with van der Waals surface area (Å²) in [5.74, 6) is -0.954. The number of carbonyl (C=O) groups excluding carboxylic acids is 3. The molecule has 3 aliphatic rings. The van der Waals surface area contributed by atoms with Crippen molar-refractivity contribution in [3.05, 3.63) is 46.3 Å². The van der Waals surface area contributed by atoms with E-state index in [1.807, 2.05) is 19.9 Å². The summed E-state index contributed by atoms with van der Waals surface area (Å²) in [5, 5.41) is 11.2. The van der Waals surface area contributed by atoms with Gasteiger partial charge in [-0.1, -0.05) is 55.7 Å². The molecule has 222 valence electrons. The van der Waals surface area contributed by atoms with Gasteiger partial charge in [-0.25, -0.2) is 0 Å². The van der Waals surface area contributed by atoms with E-state index in [-0.39, 0.29) is 47.4 Å². The summed E-state index contributed by atoms with van der Waals surface area (Å²) < 4.78 is 6.52. The van der Waals surface area contributed by atoms with Gasteiger partial charge in [0, 0.05) is 12.3 Å². The van der Waals surface area contributed by atoms with Crippen molar-refractivity contribution in [2.24, 2.45) is 28.1 Å². The highest BCUT2D eigenvalue weighted by atomic mass is 16.5. The van der Waals surface area contributed by atoms with Gasteiger partial charge in [-0.05, 0) is 98.8 Å². The standard InChI is InChI=1S/C35H52O5/c1-21(2)13-12-17-33(11)25(15-14-22(3)4)19-34(18-16-23(5)6)29(37)27(28(36)24(7)8)30-35(33,31(34)38)20-26(40-30)32(9,10)39/h13-14,16,24-26,39H,12,15,17-20H2,1-11H3/t25-,26+,33-,34-,35+/m1/s1. The van der Waals surface area contributed by atoms with Gasteiger partial charge >= 0.3 is 0 Å². The molecule has 5 nitrogen and oxygen atoms in total. The second-order valence-electron chi connectivity index (χ2n) is 14.5. The van der Waals surface area contributed by atoms with Crippen molar-refractivity contribution in [1.29, 1.82) is 0 Å². The van der Waals surface area contributed by atoms with Crippen molar-refractivity contribution in [3.63, 3.8) is 0 Å². The third kappa shape index (κ3) is 5.24. The average molecular weight is 553 g/mol. The quantitative estimate of drug-likeness (QED) is 0.171. The van der Waals surface area contributed by atoms with Crippen LogP contribution < -0.4 is 0 Å². The maximum Gasteiger partial charge on any atom is 0.183 e. The van der Waals surface area contributed by atoms with Gasteiger partial charge in [-0.2, -0.15) is 0 Å². The van der Waals surface area contributed by atoms with E-state index in [0.29, 0.717) is 12.8 Å². The molecule has 1 aliphatic heterocycles. The van der Waals surface area contributed by atoms with E-state index in [9.17, 15) is 14.7 Å². The Morgan fingerprint density at radius 3 is 2.08 bits per heavy atom. The fourth-order valence-electron chi connectivity index (χ4n) is 7.26. The summed E-state index contributed by atoms with van der Waals surface area (Å²) >= 11 is 0. The summed E-state index contributed by atoms with van der Waals surface area (Å²) in [5.41, 5.74) is -0.838. The highest BCUT2D eigenvalue weighted by molar-refractivity contribution is 6.32. The van der Waals surface area contributed by atoms with Crippen molar-refractivity contribution < 1.29 is 24.2 Å². The van der Waals surface area contributed by atoms with Gasteiger partial charge in [0.15, 0.2) is 17.3 Å². The normalized spacial score (nSPS) is 31.5. The van der Waals surface area contributed by atoms with E-state index < -0.39 is 33.9 Å². The Morgan fingerprint density at radius 1 is 1.00 bits per heavy atom. The molecule has 1 heterocycles. The maximum absolute atomic E-state index is 15.2. The average Bonchev–Trinajstić information content (AvgIpc) is 3.24. The Kier molecular flexibility index (Phi) is 9.02. The first-order valence-electron chi connectivity index (χ1n) is 15.0. The maximum atomic E-state index is 15.2. The van der Waals surface area contributed by atoms with Crippen LogP contribution in [0.4, 0.5) is 0 Å². The van der Waals surface area contributed by atoms with E-state index in [2.05, 4.69) is 46.8 Å². The van der Waals surface area contributed by atoms with Crippen molar-refractivity contribution in [1.82, 2.24) is 0 Å². The zero-order valence-electron chi connectivity index (χ0n) is 26.8. The first-order chi connectivity index (χ1) is 18.3. The first-order valence-corrected chi connectivity index (χ1v) is 15.0. The predicted octanol–water partition coefficient (Wildman–Crippen LogP) is 7.64. The molecule has 1 N–H and O–H groups in total. The molecule has 0 aromatic heterocycles. The Hall–Kier alpha value is -2.27. The minimum atomic E-state index is -1.32. The summed E-state index contributed by atoms with van der Waals surface area (Å²) in [6, 6.07) is 0. The fraction of sp³-hybridized carbons (Fsp3) is 0.686. The van der Waals surface area contributed by atoms with Crippen LogP contribution in [0.3, 0.4) is 0 Å². The first kappa shape index (κ1) is 32.2. The van der Waals surface area contributed by atoms with Gasteiger partial charge in [0.25, 0.3) is 0 Å². The minimum absolute atomic E-state index is 0.00929. The van der Waals surface area contributed by atoms with Crippen LogP contribution in [0.2, 0.25) is 0 Å². The number of carbonyl (C=O) groups is 3. The van der Waals surface area contributed by atoms with Gasteiger partial charge in [0.2, 0.25) is 0 Å². The topological polar surface area (TPSA) is 80.7 Å². The smallest absolute Gasteiger partial charge is 0.183 e. The molecule has 2 aliphatic carbocycles. The lowest BCUT2D eigenvalue weighted by Crippen LogP contribution is -2.66. The van der Waals surface area contributed by atoms with Gasteiger partial charge in [-0.3, -0.25) is 14.4 Å². The van der Waals surface area contributed by atoms with Gasteiger partial charge in [0.05, 0.1) is 16.4 Å². The number of fused-ring (bicyclic) bond motifs is 1. The van der Waals surface area contributed by atoms with Crippen molar-refractivity contribution in [2.75, 3.05) is 0 Å². The number of ether oxygens (including phenoxy) is 1. The highest BCUT2D eigenvalue weighted by Gasteiger charge is 2.76. The second kappa shape index (κ2) is 11.2. The van der Waals surface area contributed by atoms with Crippen LogP contribution in [0.25, 0.3) is 0 Å². The molecule has 0 aromatic carbocycles. The van der Waals surface area contributed by atoms with Crippen LogP contribution in [0.5, 0.6) is 0 Å². The molecule has 2 bridgehead atoms. The summed E-state index contributed by atoms with van der Waals surface area (Å²) in [7, 11) is 0. The summed E-state index contributed by atoms with van der Waals surface area (Å²) in [6.45, 7) is 21.4. The molecule has 2 fully saturated rings. The SMILES string of the molecule is CC(C)=CCC[C@]1(C)[C@H](CC=C(C)C)C[C@]2(CC=C(C)C)C(=O)C(C(=O)C(C)C)=C3O[C@H](C(C)(C)O)C[C@@]31C2=O. The second-order valence-corrected chi connectivity index (χ2v) is 14.5. The fourth-order valence-corrected chi connectivity index (χ4v) is 7.26. The minimum Gasteiger partial charge on any atom is -0.490 e. The lowest BCUT2D eigenvalue weighted by Gasteiger charge is -2.60. The van der Waals surface area contributed by atoms with Crippen LogP contribution in [0.1, 0.15) is 115 Å². The number of allylic oxidation sites excluding steroid dienone is 8. The van der Waals surface area contributed by atoms with Crippen molar-refractivity contribution in [2.45, 2.75) is 126 Å². The third-order valence-corrected chi connectivity index (χ3v) is 9.77. The van der Waals surface area contributed by atoms with Crippen LogP contribution in [0.15, 0.2) is 46.3 Å². The van der Waals surface area contributed by atoms with E-state index in [4.69, 9.17) is 4.74 Å². The molecule has 1 spiro atoms. The molecular formula is C35H52O5. The lowest BCUT2D eigenvalue weighted by molar-refractivity contribution is -0.169. The van der Waals surface area contributed by atoms with E-state index in [1.54, 1.807) is 27.7 Å². The Labute approximate surface area is 242 Å². The van der Waals surface area contributed by atoms with Gasteiger partial charge < -0.3 is 9.84 Å². The number of ketones is 3. The molecule has 0 radical (unpaired) electrons. The summed E-state index contributed by atoms with van der Waals surface area (Å²) in [6.07, 6.45) is 8.88. The van der Waals surface area contributed by atoms with Gasteiger partial charge in [-0.15, -0.1) is 0 Å². The largest absolute Gasteiger partial charge is 0.490 e. The zero-order valence-corrected chi connectivity index (χ0v) is 26.8. The highest BCUT2D eigenvalue weighted by Crippen LogP contribution is 2.71. The zero-order chi connectivity index (χ0) is 30.4. The Morgan fingerprint density at radius 2 is 1.57 bits per heavy atom. The van der Waals surface area contributed by atoms with Crippen LogP contribution in [-0.2, 0) is 19.1 Å². The van der Waals surface area contributed by atoms with Gasteiger partial charge in [0.1, 0.15) is 17.4 Å². The van der Waals surface area contributed by atoms with E-state index >= 15 is 4.79 Å².